The van der Waals surface area contributed by atoms with Crippen molar-refractivity contribution in [1.82, 2.24) is 19.3 Å². The number of carbonyl (C=O) groups is 1. The van der Waals surface area contributed by atoms with Crippen LogP contribution < -0.4 is 21.1 Å². The number of pyridine rings is 2. The number of hydrogen-bond acceptors (Lipinski definition) is 5. The average Bonchev–Trinajstić information content (AvgIpc) is 2.94. The molecule has 0 aliphatic heterocycles. The largest absolute Gasteiger partial charge is 0.497 e. The lowest BCUT2D eigenvalue weighted by atomic mass is 10.1. The van der Waals surface area contributed by atoms with E-state index < -0.39 is 5.91 Å². The topological polar surface area (TPSA) is 101 Å². The van der Waals surface area contributed by atoms with Crippen LogP contribution in [-0.2, 0) is 13.0 Å². The SMILES string of the molecule is COc1ccc(CCn2c(=N)c(C(=O)N[C@@H](C)c3ccccc3)cc3c(=O)n4cccc(C)c4nc32)cc1. The molecule has 3 aromatic heterocycles. The minimum atomic E-state index is -0.416. The van der Waals surface area contributed by atoms with E-state index in [1.807, 2.05) is 74.5 Å². The van der Waals surface area contributed by atoms with Gasteiger partial charge in [0.05, 0.1) is 24.1 Å². The number of aromatic nitrogens is 3. The first-order valence-corrected chi connectivity index (χ1v) is 12.5. The summed E-state index contributed by atoms with van der Waals surface area (Å²) in [5.74, 6) is 0.344. The summed E-state index contributed by atoms with van der Waals surface area (Å²) >= 11 is 0. The molecular weight excluding hydrogens is 478 g/mol. The van der Waals surface area contributed by atoms with Crippen LogP contribution in [0.15, 0.2) is 83.8 Å². The van der Waals surface area contributed by atoms with Gasteiger partial charge in [0.25, 0.3) is 11.5 Å². The van der Waals surface area contributed by atoms with Crippen molar-refractivity contribution in [2.75, 3.05) is 7.11 Å². The summed E-state index contributed by atoms with van der Waals surface area (Å²) in [5, 5.41) is 12.3. The molecule has 38 heavy (non-hydrogen) atoms. The Bertz CT molecular complexity index is 1760. The van der Waals surface area contributed by atoms with E-state index in [1.165, 1.54) is 10.5 Å². The van der Waals surface area contributed by atoms with Crippen molar-refractivity contribution in [2.45, 2.75) is 32.9 Å². The summed E-state index contributed by atoms with van der Waals surface area (Å²) in [6, 6.07) is 22.2. The maximum absolute atomic E-state index is 13.6. The van der Waals surface area contributed by atoms with Crippen LogP contribution in [0.4, 0.5) is 0 Å². The molecule has 0 radical (unpaired) electrons. The zero-order chi connectivity index (χ0) is 26.8. The Morgan fingerprint density at radius 3 is 2.50 bits per heavy atom. The molecule has 8 heteroatoms. The van der Waals surface area contributed by atoms with Gasteiger partial charge >= 0.3 is 0 Å². The third-order valence-corrected chi connectivity index (χ3v) is 6.81. The fraction of sp³-hybridized carbons (Fsp3) is 0.200. The normalized spacial score (nSPS) is 12.0. The van der Waals surface area contributed by atoms with Gasteiger partial charge < -0.3 is 14.6 Å². The van der Waals surface area contributed by atoms with Crippen molar-refractivity contribution in [1.29, 1.82) is 5.41 Å². The van der Waals surface area contributed by atoms with Gasteiger partial charge in [-0.05, 0) is 61.2 Å². The van der Waals surface area contributed by atoms with Crippen molar-refractivity contribution >= 4 is 22.6 Å². The quantitative estimate of drug-likeness (QED) is 0.323. The minimum absolute atomic E-state index is 0.00797. The first-order chi connectivity index (χ1) is 18.4. The summed E-state index contributed by atoms with van der Waals surface area (Å²) in [5.41, 5.74) is 3.59. The average molecular weight is 508 g/mol. The van der Waals surface area contributed by atoms with E-state index in [0.717, 1.165) is 22.4 Å². The Morgan fingerprint density at radius 1 is 1.05 bits per heavy atom. The Hall–Kier alpha value is -4.72. The second-order valence-electron chi connectivity index (χ2n) is 9.30. The van der Waals surface area contributed by atoms with Crippen molar-refractivity contribution in [3.8, 4) is 5.75 Å². The number of carbonyl (C=O) groups excluding carboxylic acids is 1. The van der Waals surface area contributed by atoms with Gasteiger partial charge in [-0.1, -0.05) is 48.5 Å². The maximum atomic E-state index is 13.6. The van der Waals surface area contributed by atoms with Crippen LogP contribution in [0.1, 0.15) is 40.0 Å². The number of nitrogens with zero attached hydrogens (tertiary/aromatic N) is 3. The van der Waals surface area contributed by atoms with Gasteiger partial charge in [-0.2, -0.15) is 0 Å². The van der Waals surface area contributed by atoms with E-state index in [0.29, 0.717) is 24.3 Å². The molecule has 0 saturated heterocycles. The predicted octanol–water partition coefficient (Wildman–Crippen LogP) is 4.18. The standard InChI is InChI=1S/C30H29N5O3/c1-19-8-7-16-35-27(19)33-28-25(30(35)37)18-24(29(36)32-20(2)22-9-5-4-6-10-22)26(31)34(28)17-15-21-11-13-23(38-3)14-12-21/h4-14,16,18,20,31H,15,17H2,1-3H3,(H,32,36)/t20-/m0/s1. The molecule has 1 atom stereocenters. The van der Waals surface area contributed by atoms with E-state index in [4.69, 9.17) is 15.1 Å². The molecule has 2 N–H and O–H groups in total. The number of methoxy groups -OCH3 is 1. The third kappa shape index (κ3) is 4.68. The zero-order valence-electron chi connectivity index (χ0n) is 21.6. The molecule has 0 aliphatic carbocycles. The van der Waals surface area contributed by atoms with Crippen LogP contribution in [-0.4, -0.2) is 27.0 Å². The van der Waals surface area contributed by atoms with Gasteiger partial charge in [-0.15, -0.1) is 0 Å². The van der Waals surface area contributed by atoms with Crippen LogP contribution in [0, 0.1) is 12.3 Å². The molecule has 0 spiro atoms. The highest BCUT2D eigenvalue weighted by atomic mass is 16.5. The predicted molar refractivity (Wildman–Crippen MR) is 147 cm³/mol. The maximum Gasteiger partial charge on any atom is 0.267 e. The molecule has 8 nitrogen and oxygen atoms in total. The van der Waals surface area contributed by atoms with Gasteiger partial charge in [0.2, 0.25) is 0 Å². The van der Waals surface area contributed by atoms with E-state index >= 15 is 0 Å². The highest BCUT2D eigenvalue weighted by Crippen LogP contribution is 2.17. The molecule has 192 valence electrons. The van der Waals surface area contributed by atoms with Crippen molar-refractivity contribution in [3.05, 3.63) is 117 Å². The first-order valence-electron chi connectivity index (χ1n) is 12.5. The summed E-state index contributed by atoms with van der Waals surface area (Å²) in [6.45, 7) is 4.15. The molecule has 0 bridgehead atoms. The number of ether oxygens (including phenoxy) is 1. The number of aryl methyl sites for hydroxylation is 3. The van der Waals surface area contributed by atoms with Crippen LogP contribution >= 0.6 is 0 Å². The van der Waals surface area contributed by atoms with Gasteiger partial charge in [0.15, 0.2) is 0 Å². The molecule has 5 rings (SSSR count). The molecule has 0 unspecified atom stereocenters. The summed E-state index contributed by atoms with van der Waals surface area (Å²) in [7, 11) is 1.62. The van der Waals surface area contributed by atoms with Crippen LogP contribution in [0.5, 0.6) is 5.75 Å². The van der Waals surface area contributed by atoms with Gasteiger partial charge in [0.1, 0.15) is 22.5 Å². The summed E-state index contributed by atoms with van der Waals surface area (Å²) in [4.78, 5) is 31.8. The van der Waals surface area contributed by atoms with Gasteiger partial charge in [0, 0.05) is 12.7 Å². The van der Waals surface area contributed by atoms with Gasteiger partial charge in [-0.3, -0.25) is 19.4 Å². The smallest absolute Gasteiger partial charge is 0.267 e. The van der Waals surface area contributed by atoms with Crippen LogP contribution in [0.3, 0.4) is 0 Å². The molecule has 2 aromatic carbocycles. The second-order valence-corrected chi connectivity index (χ2v) is 9.30. The van der Waals surface area contributed by atoms with Crippen molar-refractivity contribution in [3.63, 3.8) is 0 Å². The van der Waals surface area contributed by atoms with Crippen molar-refractivity contribution < 1.29 is 9.53 Å². The number of rotatable bonds is 7. The number of fused-ring (bicyclic) bond motifs is 2. The number of benzene rings is 2. The number of nitrogens with one attached hydrogen (secondary N) is 2. The summed E-state index contributed by atoms with van der Waals surface area (Å²) < 4.78 is 8.40. The lowest BCUT2D eigenvalue weighted by Gasteiger charge is -2.17. The second kappa shape index (κ2) is 10.3. The molecule has 0 fully saturated rings. The van der Waals surface area contributed by atoms with Crippen LogP contribution in [0.2, 0.25) is 0 Å². The van der Waals surface area contributed by atoms with Gasteiger partial charge in [-0.25, -0.2) is 4.98 Å². The Balaban J connectivity index is 1.63. The Kier molecular flexibility index (Phi) is 6.79. The Morgan fingerprint density at radius 2 is 1.79 bits per heavy atom. The highest BCUT2D eigenvalue weighted by molar-refractivity contribution is 5.97. The lowest BCUT2D eigenvalue weighted by Crippen LogP contribution is -2.36. The van der Waals surface area contributed by atoms with Crippen molar-refractivity contribution in [2.24, 2.45) is 0 Å². The molecule has 0 saturated carbocycles. The molecule has 1 amide bonds. The molecule has 0 aliphatic rings. The van der Waals surface area contributed by atoms with E-state index in [2.05, 4.69) is 5.32 Å². The first kappa shape index (κ1) is 25.0. The summed E-state index contributed by atoms with van der Waals surface area (Å²) in [6.07, 6.45) is 2.25. The molecule has 3 heterocycles. The van der Waals surface area contributed by atoms with E-state index in [-0.39, 0.29) is 28.0 Å². The Labute approximate surface area is 219 Å². The van der Waals surface area contributed by atoms with E-state index in [1.54, 1.807) is 23.9 Å². The fourth-order valence-electron chi connectivity index (χ4n) is 4.62. The van der Waals surface area contributed by atoms with Crippen LogP contribution in [0.25, 0.3) is 16.7 Å². The fourth-order valence-corrected chi connectivity index (χ4v) is 4.62. The van der Waals surface area contributed by atoms with E-state index in [9.17, 15) is 9.59 Å². The number of hydrogen-bond donors (Lipinski definition) is 2. The lowest BCUT2D eigenvalue weighted by molar-refractivity contribution is 0.0937. The zero-order valence-corrected chi connectivity index (χ0v) is 21.6. The molecule has 5 aromatic rings. The third-order valence-electron chi connectivity index (χ3n) is 6.81. The minimum Gasteiger partial charge on any atom is -0.497 e. The molecular formula is C30H29N5O3. The highest BCUT2D eigenvalue weighted by Gasteiger charge is 2.19. The monoisotopic (exact) mass is 507 g/mol. The number of amides is 1.